The SMILES string of the molecule is COC(=O)CC1CC2c3ccccc3C1c1ccccc12. The molecule has 3 aliphatic carbocycles. The predicted molar refractivity (Wildman–Crippen MR) is 81.3 cm³/mol. The number of fused-ring (bicyclic) bond motifs is 1. The van der Waals surface area contributed by atoms with Crippen LogP contribution in [0.4, 0.5) is 0 Å². The molecule has 3 aliphatic rings. The smallest absolute Gasteiger partial charge is 0.305 e. The maximum atomic E-state index is 11.8. The van der Waals surface area contributed by atoms with E-state index in [1.54, 1.807) is 0 Å². The highest BCUT2D eigenvalue weighted by molar-refractivity contribution is 5.70. The Morgan fingerprint density at radius 2 is 1.52 bits per heavy atom. The Morgan fingerprint density at radius 3 is 2.05 bits per heavy atom. The summed E-state index contributed by atoms with van der Waals surface area (Å²) in [5.41, 5.74) is 5.70. The number of ether oxygens (including phenoxy) is 1. The second kappa shape index (κ2) is 4.73. The van der Waals surface area contributed by atoms with Crippen LogP contribution >= 0.6 is 0 Å². The van der Waals surface area contributed by atoms with Crippen molar-refractivity contribution in [3.63, 3.8) is 0 Å². The van der Waals surface area contributed by atoms with Gasteiger partial charge in [-0.1, -0.05) is 48.5 Å². The Bertz CT molecular complexity index is 657. The van der Waals surface area contributed by atoms with E-state index in [2.05, 4.69) is 48.5 Å². The van der Waals surface area contributed by atoms with Gasteiger partial charge in [-0.15, -0.1) is 0 Å². The zero-order valence-electron chi connectivity index (χ0n) is 12.1. The van der Waals surface area contributed by atoms with E-state index < -0.39 is 0 Å². The molecule has 2 aromatic rings. The molecule has 5 rings (SSSR count). The summed E-state index contributed by atoms with van der Waals surface area (Å²) in [6.45, 7) is 0. The monoisotopic (exact) mass is 278 g/mol. The molecule has 0 heterocycles. The first kappa shape index (κ1) is 12.6. The molecule has 0 fully saturated rings. The molecule has 2 heteroatoms. The first-order valence-corrected chi connectivity index (χ1v) is 7.54. The van der Waals surface area contributed by atoms with E-state index in [1.807, 2.05) is 0 Å². The van der Waals surface area contributed by atoms with Crippen molar-refractivity contribution in [1.29, 1.82) is 0 Å². The molecule has 2 bridgehead atoms. The van der Waals surface area contributed by atoms with E-state index in [9.17, 15) is 4.79 Å². The van der Waals surface area contributed by atoms with Gasteiger partial charge in [-0.25, -0.2) is 0 Å². The highest BCUT2D eigenvalue weighted by Gasteiger charge is 2.43. The summed E-state index contributed by atoms with van der Waals surface area (Å²) in [7, 11) is 1.48. The molecule has 0 amide bonds. The van der Waals surface area contributed by atoms with Crippen molar-refractivity contribution >= 4 is 5.97 Å². The van der Waals surface area contributed by atoms with Crippen molar-refractivity contribution in [3.8, 4) is 0 Å². The number of benzene rings is 2. The molecule has 0 saturated heterocycles. The summed E-state index contributed by atoms with van der Waals surface area (Å²) < 4.78 is 4.90. The summed E-state index contributed by atoms with van der Waals surface area (Å²) >= 11 is 0. The fourth-order valence-corrected chi connectivity index (χ4v) is 4.26. The molecule has 0 radical (unpaired) electrons. The Kier molecular flexibility index (Phi) is 2.85. The Morgan fingerprint density at radius 1 is 1.00 bits per heavy atom. The number of hydrogen-bond acceptors (Lipinski definition) is 2. The van der Waals surface area contributed by atoms with E-state index in [1.165, 1.54) is 29.4 Å². The molecule has 0 spiro atoms. The van der Waals surface area contributed by atoms with Gasteiger partial charge in [0.15, 0.2) is 0 Å². The summed E-state index contributed by atoms with van der Waals surface area (Å²) in [6.07, 6.45) is 1.56. The van der Waals surface area contributed by atoms with Crippen molar-refractivity contribution in [2.24, 2.45) is 5.92 Å². The van der Waals surface area contributed by atoms with E-state index in [4.69, 9.17) is 4.74 Å². The third kappa shape index (κ3) is 1.82. The van der Waals surface area contributed by atoms with Crippen LogP contribution in [0.2, 0.25) is 0 Å². The molecule has 2 aromatic carbocycles. The summed E-state index contributed by atoms with van der Waals surface area (Å²) in [6, 6.07) is 17.4. The van der Waals surface area contributed by atoms with E-state index in [0.29, 0.717) is 24.2 Å². The maximum Gasteiger partial charge on any atom is 0.305 e. The van der Waals surface area contributed by atoms with Crippen molar-refractivity contribution in [3.05, 3.63) is 70.8 Å². The topological polar surface area (TPSA) is 26.3 Å². The Balaban J connectivity index is 1.84. The van der Waals surface area contributed by atoms with Crippen LogP contribution < -0.4 is 0 Å². The molecular weight excluding hydrogens is 260 g/mol. The third-order valence-electron chi connectivity index (χ3n) is 5.08. The highest BCUT2D eigenvalue weighted by atomic mass is 16.5. The fraction of sp³-hybridized carbons (Fsp3) is 0.316. The van der Waals surface area contributed by atoms with Crippen LogP contribution in [0.25, 0.3) is 0 Å². The normalized spacial score (nSPS) is 25.1. The number of carbonyl (C=O) groups excluding carboxylic acids is 1. The van der Waals surface area contributed by atoms with Gasteiger partial charge in [-0.05, 0) is 34.6 Å². The van der Waals surface area contributed by atoms with Gasteiger partial charge in [-0.3, -0.25) is 4.79 Å². The van der Waals surface area contributed by atoms with Crippen molar-refractivity contribution in [2.45, 2.75) is 24.7 Å². The first-order chi connectivity index (χ1) is 10.3. The first-order valence-electron chi connectivity index (χ1n) is 7.54. The van der Waals surface area contributed by atoms with E-state index in [0.717, 1.165) is 6.42 Å². The van der Waals surface area contributed by atoms with Gasteiger partial charge < -0.3 is 4.74 Å². The van der Waals surface area contributed by atoms with Crippen LogP contribution in [0.15, 0.2) is 48.5 Å². The number of carbonyl (C=O) groups is 1. The van der Waals surface area contributed by atoms with Crippen LogP contribution in [0, 0.1) is 5.92 Å². The van der Waals surface area contributed by atoms with Gasteiger partial charge in [0.1, 0.15) is 0 Å². The van der Waals surface area contributed by atoms with Crippen LogP contribution in [0.5, 0.6) is 0 Å². The fourth-order valence-electron chi connectivity index (χ4n) is 4.26. The van der Waals surface area contributed by atoms with Gasteiger partial charge in [0.05, 0.1) is 7.11 Å². The summed E-state index contributed by atoms with van der Waals surface area (Å²) in [5, 5.41) is 0. The predicted octanol–water partition coefficient (Wildman–Crippen LogP) is 3.85. The number of rotatable bonds is 2. The lowest BCUT2D eigenvalue weighted by Gasteiger charge is -2.45. The Labute approximate surface area is 124 Å². The molecule has 0 saturated carbocycles. The second-order valence-corrected chi connectivity index (χ2v) is 6.06. The summed E-state index contributed by atoms with van der Waals surface area (Å²) in [5.74, 6) is 1.02. The van der Waals surface area contributed by atoms with Crippen LogP contribution in [0.3, 0.4) is 0 Å². The van der Waals surface area contributed by atoms with Gasteiger partial charge >= 0.3 is 5.97 Å². The molecular formula is C19H18O2. The lowest BCUT2D eigenvalue weighted by Crippen LogP contribution is -2.33. The van der Waals surface area contributed by atoms with Crippen molar-refractivity contribution in [1.82, 2.24) is 0 Å². The van der Waals surface area contributed by atoms with Gasteiger partial charge in [0, 0.05) is 18.3 Å². The molecule has 0 aromatic heterocycles. The largest absolute Gasteiger partial charge is 0.469 e. The number of hydrogen-bond donors (Lipinski definition) is 0. The minimum absolute atomic E-state index is 0.0949. The van der Waals surface area contributed by atoms with Crippen molar-refractivity contribution in [2.75, 3.05) is 7.11 Å². The zero-order chi connectivity index (χ0) is 14.4. The Hall–Kier alpha value is -2.09. The number of methoxy groups -OCH3 is 1. The van der Waals surface area contributed by atoms with Gasteiger partial charge in [0.25, 0.3) is 0 Å². The molecule has 106 valence electrons. The highest BCUT2D eigenvalue weighted by Crippen LogP contribution is 2.56. The van der Waals surface area contributed by atoms with Crippen molar-refractivity contribution < 1.29 is 9.53 Å². The molecule has 2 nitrogen and oxygen atoms in total. The minimum Gasteiger partial charge on any atom is -0.469 e. The van der Waals surface area contributed by atoms with E-state index >= 15 is 0 Å². The quantitative estimate of drug-likeness (QED) is 0.780. The van der Waals surface area contributed by atoms with Gasteiger partial charge in [0.2, 0.25) is 0 Å². The standard InChI is InChI=1S/C19H18O2/c1-21-18(20)11-12-10-17-13-6-2-4-8-15(13)19(12)16-9-5-3-7-14(16)17/h2-9,12,17,19H,10-11H2,1H3. The lowest BCUT2D eigenvalue weighted by molar-refractivity contribution is -0.142. The maximum absolute atomic E-state index is 11.8. The van der Waals surface area contributed by atoms with Crippen LogP contribution in [0.1, 0.15) is 46.9 Å². The van der Waals surface area contributed by atoms with E-state index in [-0.39, 0.29) is 5.97 Å². The molecule has 1 unspecified atom stereocenters. The molecule has 1 atom stereocenters. The molecule has 0 aliphatic heterocycles. The second-order valence-electron chi connectivity index (χ2n) is 6.06. The third-order valence-corrected chi connectivity index (χ3v) is 5.08. The number of esters is 1. The lowest BCUT2D eigenvalue weighted by atomic mass is 9.58. The van der Waals surface area contributed by atoms with Crippen LogP contribution in [-0.2, 0) is 9.53 Å². The molecule has 0 N–H and O–H groups in total. The van der Waals surface area contributed by atoms with Gasteiger partial charge in [-0.2, -0.15) is 0 Å². The summed E-state index contributed by atoms with van der Waals surface area (Å²) in [4.78, 5) is 11.8. The van der Waals surface area contributed by atoms with Crippen LogP contribution in [-0.4, -0.2) is 13.1 Å². The average Bonchev–Trinajstić information content (AvgIpc) is 2.55. The average molecular weight is 278 g/mol. The molecule has 21 heavy (non-hydrogen) atoms. The minimum atomic E-state index is -0.0949. The zero-order valence-corrected chi connectivity index (χ0v) is 12.1.